The number of aromatic nitrogens is 1. The van der Waals surface area contributed by atoms with Gasteiger partial charge in [-0.05, 0) is 43.0 Å². The van der Waals surface area contributed by atoms with Gasteiger partial charge in [0.2, 0.25) is 0 Å². The molecule has 2 nitrogen and oxygen atoms in total. The number of H-pyrrole nitrogens is 1. The molecule has 22 heavy (non-hydrogen) atoms. The lowest BCUT2D eigenvalue weighted by atomic mass is 10.0. The van der Waals surface area contributed by atoms with Crippen molar-refractivity contribution in [1.82, 2.24) is 4.98 Å². The summed E-state index contributed by atoms with van der Waals surface area (Å²) >= 11 is 12.5. The highest BCUT2D eigenvalue weighted by Gasteiger charge is 2.16. The summed E-state index contributed by atoms with van der Waals surface area (Å²) in [7, 11) is 0. The van der Waals surface area contributed by atoms with Gasteiger partial charge in [-0.2, -0.15) is 0 Å². The van der Waals surface area contributed by atoms with Crippen LogP contribution < -0.4 is 5.73 Å². The van der Waals surface area contributed by atoms with Crippen LogP contribution in [0.3, 0.4) is 0 Å². The van der Waals surface area contributed by atoms with Crippen LogP contribution in [0.4, 0.5) is 0 Å². The maximum absolute atomic E-state index is 6.38. The molecule has 0 aliphatic heterocycles. The van der Waals surface area contributed by atoms with Crippen LogP contribution in [0.2, 0.25) is 10.0 Å². The van der Waals surface area contributed by atoms with Crippen molar-refractivity contribution in [1.29, 1.82) is 0 Å². The van der Waals surface area contributed by atoms with Crippen molar-refractivity contribution in [3.63, 3.8) is 0 Å². The molecule has 1 aromatic heterocycles. The van der Waals surface area contributed by atoms with Gasteiger partial charge < -0.3 is 10.7 Å². The molecule has 0 atom stereocenters. The molecule has 114 valence electrons. The number of benzene rings is 2. The Hall–Kier alpha value is -1.48. The van der Waals surface area contributed by atoms with E-state index in [0.29, 0.717) is 10.0 Å². The molecule has 0 radical (unpaired) electrons. The third-order valence-electron chi connectivity index (χ3n) is 3.92. The van der Waals surface area contributed by atoms with Crippen molar-refractivity contribution in [2.75, 3.05) is 6.54 Å². The number of hydrogen-bond acceptors (Lipinski definition) is 1. The summed E-state index contributed by atoms with van der Waals surface area (Å²) < 4.78 is 0. The van der Waals surface area contributed by atoms with E-state index in [2.05, 4.69) is 17.1 Å². The number of unbranched alkanes of at least 4 members (excludes halogenated alkanes) is 1. The van der Waals surface area contributed by atoms with Gasteiger partial charge in [-0.1, -0.05) is 59.6 Å². The van der Waals surface area contributed by atoms with E-state index in [0.717, 1.165) is 48.0 Å². The van der Waals surface area contributed by atoms with E-state index in [4.69, 9.17) is 28.9 Å². The number of aryl methyl sites for hydroxylation is 1. The minimum absolute atomic E-state index is 0.573. The fourth-order valence-corrected chi connectivity index (χ4v) is 3.19. The van der Waals surface area contributed by atoms with Crippen LogP contribution in [0.15, 0.2) is 42.5 Å². The van der Waals surface area contributed by atoms with Gasteiger partial charge >= 0.3 is 0 Å². The predicted octanol–water partition coefficient (Wildman–Crippen LogP) is 5.42. The van der Waals surface area contributed by atoms with E-state index in [1.807, 2.05) is 30.3 Å². The molecule has 1 heterocycles. The zero-order valence-corrected chi connectivity index (χ0v) is 13.7. The van der Waals surface area contributed by atoms with E-state index in [1.165, 1.54) is 5.56 Å². The first-order valence-corrected chi connectivity index (χ1v) is 8.22. The van der Waals surface area contributed by atoms with Crippen molar-refractivity contribution in [3.05, 3.63) is 58.1 Å². The smallest absolute Gasteiger partial charge is 0.0833 e. The molecule has 2 aromatic carbocycles. The lowest BCUT2D eigenvalue weighted by molar-refractivity contribution is 0.748. The quantitative estimate of drug-likeness (QED) is 0.601. The number of aromatic amines is 1. The highest BCUT2D eigenvalue weighted by atomic mass is 35.5. The van der Waals surface area contributed by atoms with Gasteiger partial charge in [0, 0.05) is 11.1 Å². The summed E-state index contributed by atoms with van der Waals surface area (Å²) in [4.78, 5) is 3.47. The fraction of sp³-hybridized carbons (Fsp3) is 0.222. The van der Waals surface area contributed by atoms with E-state index in [1.54, 1.807) is 0 Å². The van der Waals surface area contributed by atoms with Crippen LogP contribution >= 0.6 is 23.2 Å². The first-order valence-electron chi connectivity index (χ1n) is 7.46. The number of fused-ring (bicyclic) bond motifs is 1. The molecule has 4 heteroatoms. The Balaban J connectivity index is 2.16. The molecule has 3 rings (SSSR count). The van der Waals surface area contributed by atoms with E-state index < -0.39 is 0 Å². The summed E-state index contributed by atoms with van der Waals surface area (Å²) in [6.45, 7) is 0.718. The molecule has 0 spiro atoms. The third-order valence-corrected chi connectivity index (χ3v) is 4.72. The lowest BCUT2D eigenvalue weighted by Crippen LogP contribution is -1.99. The van der Waals surface area contributed by atoms with Crippen LogP contribution in [0, 0.1) is 0 Å². The molecule has 0 saturated carbocycles. The second-order valence-corrected chi connectivity index (χ2v) is 6.16. The van der Waals surface area contributed by atoms with Crippen molar-refractivity contribution in [2.24, 2.45) is 5.73 Å². The Morgan fingerprint density at radius 2 is 1.73 bits per heavy atom. The van der Waals surface area contributed by atoms with E-state index in [-0.39, 0.29) is 0 Å². The molecule has 0 unspecified atom stereocenters. The Morgan fingerprint density at radius 1 is 0.955 bits per heavy atom. The summed E-state index contributed by atoms with van der Waals surface area (Å²) in [6, 6.07) is 14.2. The average Bonchev–Trinajstić information content (AvgIpc) is 2.92. The first-order chi connectivity index (χ1) is 10.7. The van der Waals surface area contributed by atoms with Crippen LogP contribution in [0.1, 0.15) is 18.4 Å². The third kappa shape index (κ3) is 2.87. The number of nitrogens with one attached hydrogen (secondary N) is 1. The summed E-state index contributed by atoms with van der Waals surface area (Å²) in [5, 5.41) is 2.30. The van der Waals surface area contributed by atoms with Gasteiger partial charge in [0.1, 0.15) is 0 Å². The van der Waals surface area contributed by atoms with Crippen LogP contribution in [-0.2, 0) is 6.42 Å². The summed E-state index contributed by atoms with van der Waals surface area (Å²) in [5.41, 5.74) is 10.1. The molecular weight excluding hydrogens is 315 g/mol. The Labute approximate surface area is 140 Å². The summed E-state index contributed by atoms with van der Waals surface area (Å²) in [6.07, 6.45) is 3.05. The lowest BCUT2D eigenvalue weighted by Gasteiger charge is -2.05. The van der Waals surface area contributed by atoms with Gasteiger partial charge in [-0.15, -0.1) is 0 Å². The highest BCUT2D eigenvalue weighted by molar-refractivity contribution is 6.45. The maximum atomic E-state index is 6.38. The molecule has 0 amide bonds. The second-order valence-electron chi connectivity index (χ2n) is 5.37. The first kappa shape index (κ1) is 15.4. The number of rotatable bonds is 5. The Bertz CT molecular complexity index is 779. The standard InChI is InChI=1S/C18H18Cl2N2/c19-15-10-9-14-13(8-4-5-11-21)17(22-18(14)16(15)20)12-6-2-1-3-7-12/h1-3,6-7,9-10,22H,4-5,8,11,21H2. The average molecular weight is 333 g/mol. The van der Waals surface area contributed by atoms with Gasteiger partial charge in [-0.25, -0.2) is 0 Å². The van der Waals surface area contributed by atoms with Gasteiger partial charge in [0.25, 0.3) is 0 Å². The highest BCUT2D eigenvalue weighted by Crippen LogP contribution is 2.37. The van der Waals surface area contributed by atoms with Gasteiger partial charge in [0.05, 0.1) is 15.6 Å². The van der Waals surface area contributed by atoms with Crippen molar-refractivity contribution >= 4 is 34.1 Å². The Kier molecular flexibility index (Phi) is 4.72. The molecule has 0 aliphatic carbocycles. The zero-order chi connectivity index (χ0) is 15.5. The minimum atomic E-state index is 0.573. The van der Waals surface area contributed by atoms with Crippen molar-refractivity contribution < 1.29 is 0 Å². The Morgan fingerprint density at radius 3 is 2.45 bits per heavy atom. The minimum Gasteiger partial charge on any atom is -0.353 e. The molecule has 0 aliphatic rings. The molecule has 3 aromatic rings. The van der Waals surface area contributed by atoms with Gasteiger partial charge in [0.15, 0.2) is 0 Å². The topological polar surface area (TPSA) is 41.8 Å². The SMILES string of the molecule is NCCCCc1c(-c2ccccc2)[nH]c2c(Cl)c(Cl)ccc12. The monoisotopic (exact) mass is 332 g/mol. The van der Waals surface area contributed by atoms with Crippen LogP contribution in [-0.4, -0.2) is 11.5 Å². The zero-order valence-electron chi connectivity index (χ0n) is 12.2. The van der Waals surface area contributed by atoms with Crippen molar-refractivity contribution in [3.8, 4) is 11.3 Å². The maximum Gasteiger partial charge on any atom is 0.0833 e. The van der Waals surface area contributed by atoms with Crippen LogP contribution in [0.5, 0.6) is 0 Å². The fourth-order valence-electron chi connectivity index (χ4n) is 2.82. The van der Waals surface area contributed by atoms with Crippen molar-refractivity contribution in [2.45, 2.75) is 19.3 Å². The predicted molar refractivity (Wildman–Crippen MR) is 95.7 cm³/mol. The van der Waals surface area contributed by atoms with Gasteiger partial charge in [-0.3, -0.25) is 0 Å². The molecular formula is C18H18Cl2N2. The normalized spacial score (nSPS) is 11.2. The molecule has 0 saturated heterocycles. The van der Waals surface area contributed by atoms with Crippen LogP contribution in [0.25, 0.3) is 22.2 Å². The second kappa shape index (κ2) is 6.74. The number of nitrogens with two attached hydrogens (primary N) is 1. The molecule has 0 fully saturated rings. The molecule has 0 bridgehead atoms. The summed E-state index contributed by atoms with van der Waals surface area (Å²) in [5.74, 6) is 0. The molecule has 3 N–H and O–H groups in total. The largest absolute Gasteiger partial charge is 0.353 e. The number of halogens is 2. The van der Waals surface area contributed by atoms with E-state index in [9.17, 15) is 0 Å². The number of hydrogen-bond donors (Lipinski definition) is 2. The van der Waals surface area contributed by atoms with E-state index >= 15 is 0 Å².